The summed E-state index contributed by atoms with van der Waals surface area (Å²) in [5, 5.41) is 19.3. The Bertz CT molecular complexity index is 7650. The van der Waals surface area contributed by atoms with Crippen LogP contribution in [-0.2, 0) is 0 Å². The van der Waals surface area contributed by atoms with Crippen LogP contribution in [0.3, 0.4) is 0 Å². The number of nitrogens with zero attached hydrogens (tertiary/aromatic N) is 4. The second kappa shape index (κ2) is 20.0. The first kappa shape index (κ1) is 54.3. The molecule has 0 radical (unpaired) electrons. The Morgan fingerprint density at radius 2 is 0.549 bits per heavy atom. The Morgan fingerprint density at radius 3 is 1.11 bits per heavy atom. The number of hydrogen-bond acceptors (Lipinski definition) is 2. The molecule has 0 aliphatic carbocycles. The summed E-state index contributed by atoms with van der Waals surface area (Å²) in [6.07, 6.45) is 0. The molecule has 0 aliphatic rings. The molecule has 0 unspecified atom stereocenters. The fourth-order valence-corrected chi connectivity index (χ4v) is 18.2. The lowest BCUT2D eigenvalue weighted by molar-refractivity contribution is 0.669. The van der Waals surface area contributed by atoms with Crippen LogP contribution in [0.2, 0.25) is 0 Å². The van der Waals surface area contributed by atoms with E-state index in [0.29, 0.717) is 0 Å². The van der Waals surface area contributed by atoms with Gasteiger partial charge < -0.3 is 26.8 Å². The number of furan rings is 2. The van der Waals surface area contributed by atoms with E-state index in [-0.39, 0.29) is 0 Å². The number of para-hydroxylation sites is 8. The summed E-state index contributed by atoms with van der Waals surface area (Å²) in [5.41, 5.74) is 29.1. The van der Waals surface area contributed by atoms with Gasteiger partial charge in [0, 0.05) is 109 Å². The Morgan fingerprint density at radius 1 is 0.186 bits per heavy atom. The Kier molecular flexibility index (Phi) is 10.7. The second-order valence-electron chi connectivity index (χ2n) is 27.8. The molecule has 0 saturated carbocycles. The number of benzene rings is 16. The third-order valence-corrected chi connectivity index (χ3v) is 22.6. The van der Waals surface area contributed by atoms with Crippen LogP contribution in [0.15, 0.2) is 336 Å². The third kappa shape index (κ3) is 7.30. The first-order valence-corrected chi connectivity index (χ1v) is 35.1. The van der Waals surface area contributed by atoms with Crippen LogP contribution in [-0.4, -0.2) is 17.9 Å². The van der Waals surface area contributed by atoms with Gasteiger partial charge in [0.05, 0.1) is 55.2 Å². The summed E-state index contributed by atoms with van der Waals surface area (Å²) in [5.74, 6) is 0. The zero-order valence-corrected chi connectivity index (χ0v) is 54.8. The zero-order valence-electron chi connectivity index (χ0n) is 54.8. The van der Waals surface area contributed by atoms with E-state index in [9.17, 15) is 0 Å². The van der Waals surface area contributed by atoms with Gasteiger partial charge in [-0.15, -0.1) is 0 Å². The molecule has 0 fully saturated rings. The predicted octanol–water partition coefficient (Wildman–Crippen LogP) is 26.3. The summed E-state index contributed by atoms with van der Waals surface area (Å²) in [7, 11) is 0. The molecule has 0 atom stereocenters. The van der Waals surface area contributed by atoms with Gasteiger partial charge in [0.1, 0.15) is 22.3 Å². The van der Waals surface area contributed by atoms with Crippen LogP contribution < -0.4 is 0 Å². The number of hydrogen-bond donors (Lipinski definition) is 0. The van der Waals surface area contributed by atoms with Crippen molar-refractivity contribution in [3.05, 3.63) is 328 Å². The summed E-state index contributed by atoms with van der Waals surface area (Å²) < 4.78 is 23.5. The lowest BCUT2D eigenvalue weighted by atomic mass is 9.91. The SMILES string of the molecule is c1ccc2c(c1)oc1c(-c3ccc4c5ccccc5n(-c5ccc(-c6cc7c8ccccc8n8c9cc(-c%10ccc%11c(oc%12ccccc%12%11)c%10-c%10ccc%11c(c%10)c%10ccccc%10n%11-c%10ccc(-c%11cc%12c%13ccccc%13n%13c%14ccccc%14c(c%11)c%12%13)cc%10)ccc9c(c6)c78)cc5)c4c3)cccc12. The summed E-state index contributed by atoms with van der Waals surface area (Å²) in [6, 6.07) is 121. The minimum atomic E-state index is 0.873. The molecule has 8 aromatic heterocycles. The highest BCUT2D eigenvalue weighted by Crippen LogP contribution is 2.49. The van der Waals surface area contributed by atoms with Crippen LogP contribution in [0.5, 0.6) is 0 Å². The summed E-state index contributed by atoms with van der Waals surface area (Å²) in [6.45, 7) is 0. The largest absolute Gasteiger partial charge is 0.455 e. The van der Waals surface area contributed by atoms with Crippen molar-refractivity contribution in [2.75, 3.05) is 0 Å². The van der Waals surface area contributed by atoms with Gasteiger partial charge in [-0.3, -0.25) is 0 Å². The molecule has 8 heterocycles. The van der Waals surface area contributed by atoms with Crippen molar-refractivity contribution < 1.29 is 8.83 Å². The van der Waals surface area contributed by atoms with Crippen molar-refractivity contribution in [1.29, 1.82) is 0 Å². The van der Waals surface area contributed by atoms with Crippen LogP contribution in [0.4, 0.5) is 0 Å². The van der Waals surface area contributed by atoms with Gasteiger partial charge in [0.15, 0.2) is 0 Å². The van der Waals surface area contributed by atoms with Crippen LogP contribution in [0.1, 0.15) is 0 Å². The fraction of sp³-hybridized carbons (Fsp3) is 0. The average Bonchev–Trinajstić information content (AvgIpc) is 1.55. The van der Waals surface area contributed by atoms with E-state index >= 15 is 0 Å². The van der Waals surface area contributed by atoms with Gasteiger partial charge in [0.2, 0.25) is 0 Å². The molecular formula is C96H54N4O2. The van der Waals surface area contributed by atoms with E-state index in [1.165, 1.54) is 120 Å². The quantitative estimate of drug-likeness (QED) is 0.160. The monoisotopic (exact) mass is 1290 g/mol. The highest BCUT2D eigenvalue weighted by Gasteiger charge is 2.26. The van der Waals surface area contributed by atoms with Crippen molar-refractivity contribution >= 4 is 164 Å². The molecule has 102 heavy (non-hydrogen) atoms. The topological polar surface area (TPSA) is 45.0 Å². The first-order chi connectivity index (χ1) is 50.6. The van der Waals surface area contributed by atoms with Gasteiger partial charge in [0.25, 0.3) is 0 Å². The van der Waals surface area contributed by atoms with Crippen molar-refractivity contribution in [2.45, 2.75) is 0 Å². The smallest absolute Gasteiger partial charge is 0.143 e. The molecule has 24 aromatic rings. The molecule has 6 nitrogen and oxygen atoms in total. The van der Waals surface area contributed by atoms with Crippen molar-refractivity contribution in [2.24, 2.45) is 0 Å². The molecule has 0 N–H and O–H groups in total. The molecule has 0 saturated heterocycles. The predicted molar refractivity (Wildman–Crippen MR) is 426 cm³/mol. The molecular weight excluding hydrogens is 1240 g/mol. The minimum absolute atomic E-state index is 0.873. The minimum Gasteiger partial charge on any atom is -0.455 e. The maximum Gasteiger partial charge on any atom is 0.143 e. The molecule has 24 rings (SSSR count). The number of aromatic nitrogens is 4. The number of fused-ring (bicyclic) bond motifs is 24. The van der Waals surface area contributed by atoms with Crippen molar-refractivity contribution in [3.63, 3.8) is 0 Å². The lowest BCUT2D eigenvalue weighted by Gasteiger charge is -2.13. The van der Waals surface area contributed by atoms with Crippen LogP contribution in [0, 0.1) is 0 Å². The Labute approximate surface area is 581 Å². The van der Waals surface area contributed by atoms with Gasteiger partial charge >= 0.3 is 0 Å². The summed E-state index contributed by atoms with van der Waals surface area (Å²) >= 11 is 0. The fourth-order valence-electron chi connectivity index (χ4n) is 18.2. The normalized spacial score (nSPS) is 12.5. The van der Waals surface area contributed by atoms with E-state index < -0.39 is 0 Å². The Hall–Kier alpha value is -13.7. The van der Waals surface area contributed by atoms with Gasteiger partial charge in [-0.25, -0.2) is 0 Å². The van der Waals surface area contributed by atoms with E-state index in [2.05, 4.69) is 339 Å². The zero-order chi connectivity index (χ0) is 66.2. The standard InChI is InChI=1S/C96H54N4O2/c1-8-25-82-66(16-1)71-43-37-58(65-23-15-24-75-73-21-6-13-30-90(73)101-95(65)75)54-88(71)98(82)63-41-34-56(35-42-63)61-51-80-70-20-5-12-29-86(70)100-89-53-57(36-44-72(89)81(52-61)94(80)100)64-45-46-76-74-22-7-14-31-91(74)102-96(76)92(64)59-38-47-87-77(48-59)67-17-2-9-26-83(67)97(87)62-39-32-55(33-40-62)60-49-78-68-18-3-10-27-84(68)99-85-28-11-4-19-69(85)79(50-60)93(78)99/h1-54H. The van der Waals surface area contributed by atoms with Gasteiger partial charge in [-0.05, 0) is 166 Å². The molecule has 470 valence electrons. The molecule has 0 bridgehead atoms. The molecule has 0 amide bonds. The highest BCUT2D eigenvalue weighted by molar-refractivity contribution is 6.27. The maximum absolute atomic E-state index is 7.08. The van der Waals surface area contributed by atoms with E-state index in [1.807, 2.05) is 6.07 Å². The second-order valence-corrected chi connectivity index (χ2v) is 27.8. The average molecular weight is 1300 g/mol. The van der Waals surface area contributed by atoms with Crippen molar-refractivity contribution in [3.8, 4) is 67.0 Å². The van der Waals surface area contributed by atoms with Gasteiger partial charge in [-0.1, -0.05) is 206 Å². The molecule has 6 heteroatoms. The first-order valence-electron chi connectivity index (χ1n) is 35.1. The van der Waals surface area contributed by atoms with E-state index in [0.717, 1.165) is 111 Å². The van der Waals surface area contributed by atoms with E-state index in [4.69, 9.17) is 8.83 Å². The van der Waals surface area contributed by atoms with Crippen molar-refractivity contribution in [1.82, 2.24) is 17.9 Å². The van der Waals surface area contributed by atoms with E-state index in [1.54, 1.807) is 0 Å². The van der Waals surface area contributed by atoms with Crippen LogP contribution >= 0.6 is 0 Å². The maximum atomic E-state index is 7.08. The Balaban J connectivity index is 0.630. The van der Waals surface area contributed by atoms with Crippen LogP contribution in [0.25, 0.3) is 231 Å². The molecule has 0 aliphatic heterocycles. The highest BCUT2D eigenvalue weighted by atomic mass is 16.3. The lowest BCUT2D eigenvalue weighted by Crippen LogP contribution is -1.94. The number of rotatable bonds is 7. The van der Waals surface area contributed by atoms with Gasteiger partial charge in [-0.2, -0.15) is 0 Å². The third-order valence-electron chi connectivity index (χ3n) is 22.6. The molecule has 16 aromatic carbocycles. The molecule has 0 spiro atoms. The summed E-state index contributed by atoms with van der Waals surface area (Å²) in [4.78, 5) is 0.